The van der Waals surface area contributed by atoms with E-state index in [1.807, 2.05) is 9.95 Å². The molecule has 0 aliphatic carbocycles. The molecule has 27 heavy (non-hydrogen) atoms. The summed E-state index contributed by atoms with van der Waals surface area (Å²) in [5.41, 5.74) is 2.16. The highest BCUT2D eigenvalue weighted by atomic mass is 32.2. The Morgan fingerprint density at radius 3 is 2.96 bits per heavy atom. The molecule has 0 aromatic carbocycles. The first-order valence-corrected chi connectivity index (χ1v) is 13.0. The SMILES string of the molecule is C=CCn1c(SCc2csc(-c3ccsc3)n2)nnc1[C@H]1CCS(=O)(=O)C1. The molecular formula is C17H18N4O2S4. The fourth-order valence-electron chi connectivity index (χ4n) is 3.04. The summed E-state index contributed by atoms with van der Waals surface area (Å²) in [6, 6.07) is 2.07. The number of thioether (sulfide) groups is 1. The minimum absolute atomic E-state index is 0.0822. The maximum atomic E-state index is 11.8. The number of rotatable bonds is 7. The fraction of sp³-hybridized carbons (Fsp3) is 0.353. The van der Waals surface area contributed by atoms with Crippen molar-refractivity contribution in [1.82, 2.24) is 19.7 Å². The Hall–Kier alpha value is -1.49. The van der Waals surface area contributed by atoms with Gasteiger partial charge in [-0.2, -0.15) is 11.3 Å². The van der Waals surface area contributed by atoms with Crippen LogP contribution >= 0.6 is 34.4 Å². The average molecular weight is 439 g/mol. The van der Waals surface area contributed by atoms with Gasteiger partial charge in [-0.15, -0.1) is 28.1 Å². The van der Waals surface area contributed by atoms with E-state index in [-0.39, 0.29) is 17.4 Å². The van der Waals surface area contributed by atoms with Gasteiger partial charge in [-0.3, -0.25) is 0 Å². The van der Waals surface area contributed by atoms with Crippen molar-refractivity contribution < 1.29 is 8.42 Å². The second kappa shape index (κ2) is 7.86. The van der Waals surface area contributed by atoms with Crippen molar-refractivity contribution in [3.05, 3.63) is 46.4 Å². The summed E-state index contributed by atoms with van der Waals surface area (Å²) >= 11 is 4.87. The molecular weight excluding hydrogens is 420 g/mol. The molecule has 0 N–H and O–H groups in total. The maximum Gasteiger partial charge on any atom is 0.191 e. The van der Waals surface area contributed by atoms with Crippen LogP contribution in [0.15, 0.2) is 40.0 Å². The van der Waals surface area contributed by atoms with E-state index in [9.17, 15) is 8.42 Å². The molecule has 10 heteroatoms. The monoisotopic (exact) mass is 438 g/mol. The topological polar surface area (TPSA) is 77.7 Å². The number of allylic oxidation sites excluding steroid dienone is 1. The van der Waals surface area contributed by atoms with Gasteiger partial charge >= 0.3 is 0 Å². The summed E-state index contributed by atoms with van der Waals surface area (Å²) in [6.07, 6.45) is 2.40. The molecule has 0 saturated carbocycles. The summed E-state index contributed by atoms with van der Waals surface area (Å²) in [6.45, 7) is 4.38. The van der Waals surface area contributed by atoms with Crippen molar-refractivity contribution in [3.63, 3.8) is 0 Å². The summed E-state index contributed by atoms with van der Waals surface area (Å²) in [5, 5.41) is 16.6. The van der Waals surface area contributed by atoms with Gasteiger partial charge in [0.15, 0.2) is 15.0 Å². The van der Waals surface area contributed by atoms with E-state index in [2.05, 4.69) is 33.6 Å². The van der Waals surface area contributed by atoms with E-state index in [0.717, 1.165) is 27.2 Å². The quantitative estimate of drug-likeness (QED) is 0.412. The zero-order valence-corrected chi connectivity index (χ0v) is 17.7. The van der Waals surface area contributed by atoms with Crippen molar-refractivity contribution in [3.8, 4) is 10.6 Å². The van der Waals surface area contributed by atoms with Gasteiger partial charge in [0.05, 0.1) is 17.2 Å². The van der Waals surface area contributed by atoms with Crippen molar-refractivity contribution >= 4 is 44.3 Å². The molecule has 1 fully saturated rings. The fourth-order valence-corrected chi connectivity index (χ4v) is 7.26. The number of aromatic nitrogens is 4. The lowest BCUT2D eigenvalue weighted by Crippen LogP contribution is -2.11. The molecule has 0 amide bonds. The number of thiophene rings is 1. The smallest absolute Gasteiger partial charge is 0.191 e. The predicted octanol–water partition coefficient (Wildman–Crippen LogP) is 3.84. The second-order valence-corrected chi connectivity index (χ2v) is 11.1. The van der Waals surface area contributed by atoms with Gasteiger partial charge in [0.2, 0.25) is 0 Å². The molecule has 0 bridgehead atoms. The molecule has 3 aromatic rings. The molecule has 1 atom stereocenters. The lowest BCUT2D eigenvalue weighted by atomic mass is 10.1. The second-order valence-electron chi connectivity index (χ2n) is 6.28. The summed E-state index contributed by atoms with van der Waals surface area (Å²) in [7, 11) is -2.96. The normalized spacial score (nSPS) is 18.7. The van der Waals surface area contributed by atoms with Crippen LogP contribution in [0.5, 0.6) is 0 Å². The molecule has 1 aliphatic heterocycles. The molecule has 6 nitrogen and oxygen atoms in total. The summed E-state index contributed by atoms with van der Waals surface area (Å²) < 4.78 is 25.6. The van der Waals surface area contributed by atoms with E-state index >= 15 is 0 Å². The average Bonchev–Trinajstić information content (AvgIpc) is 3.40. The highest BCUT2D eigenvalue weighted by Crippen LogP contribution is 2.32. The highest BCUT2D eigenvalue weighted by Gasteiger charge is 2.33. The molecule has 4 rings (SSSR count). The van der Waals surface area contributed by atoms with Gasteiger partial charge in [0, 0.05) is 34.5 Å². The standard InChI is InChI=1S/C17H18N4O2S4/c1-2-5-21-15(13-4-7-27(22,23)11-13)19-20-17(21)26-10-14-9-25-16(18-14)12-3-6-24-8-12/h2-3,6,8-9,13H,1,4-5,7,10-11H2/t13-/m0/s1. The van der Waals surface area contributed by atoms with E-state index in [1.165, 1.54) is 0 Å². The minimum atomic E-state index is -2.96. The van der Waals surface area contributed by atoms with E-state index in [0.29, 0.717) is 18.7 Å². The van der Waals surface area contributed by atoms with Gasteiger partial charge in [0.25, 0.3) is 0 Å². The number of hydrogen-bond donors (Lipinski definition) is 0. The molecule has 0 unspecified atom stereocenters. The maximum absolute atomic E-state index is 11.8. The zero-order chi connectivity index (χ0) is 18.9. The first kappa shape index (κ1) is 18.9. The third-order valence-corrected chi connectivity index (χ3v) is 8.72. The minimum Gasteiger partial charge on any atom is -0.302 e. The number of thiazole rings is 1. The van der Waals surface area contributed by atoms with E-state index < -0.39 is 9.84 Å². The van der Waals surface area contributed by atoms with Gasteiger partial charge < -0.3 is 4.57 Å². The number of hydrogen-bond acceptors (Lipinski definition) is 8. The van der Waals surface area contributed by atoms with Crippen LogP contribution in [-0.4, -0.2) is 39.7 Å². The Morgan fingerprint density at radius 2 is 2.26 bits per heavy atom. The molecule has 0 spiro atoms. The van der Waals surface area contributed by atoms with Crippen LogP contribution in [0.4, 0.5) is 0 Å². The van der Waals surface area contributed by atoms with Crippen LogP contribution in [0.1, 0.15) is 23.9 Å². The lowest BCUT2D eigenvalue weighted by molar-refractivity contribution is 0.597. The van der Waals surface area contributed by atoms with Gasteiger partial charge in [-0.1, -0.05) is 17.8 Å². The molecule has 4 heterocycles. The zero-order valence-electron chi connectivity index (χ0n) is 14.4. The largest absolute Gasteiger partial charge is 0.302 e. The van der Waals surface area contributed by atoms with Crippen molar-refractivity contribution in [2.45, 2.75) is 29.8 Å². The molecule has 1 aliphatic rings. The lowest BCUT2D eigenvalue weighted by Gasteiger charge is -2.10. The van der Waals surface area contributed by atoms with Gasteiger partial charge in [-0.05, 0) is 17.9 Å². The molecule has 1 saturated heterocycles. The highest BCUT2D eigenvalue weighted by molar-refractivity contribution is 7.98. The van der Waals surface area contributed by atoms with Crippen molar-refractivity contribution in [2.24, 2.45) is 0 Å². The van der Waals surface area contributed by atoms with Crippen LogP contribution in [-0.2, 0) is 22.1 Å². The summed E-state index contributed by atoms with van der Waals surface area (Å²) in [4.78, 5) is 4.69. The first-order chi connectivity index (χ1) is 13.1. The van der Waals surface area contributed by atoms with Crippen LogP contribution < -0.4 is 0 Å². The Morgan fingerprint density at radius 1 is 1.37 bits per heavy atom. The Labute approximate surface area is 170 Å². The third-order valence-electron chi connectivity index (χ3n) is 4.32. The van der Waals surface area contributed by atoms with Crippen LogP contribution in [0.3, 0.4) is 0 Å². The predicted molar refractivity (Wildman–Crippen MR) is 111 cm³/mol. The van der Waals surface area contributed by atoms with Gasteiger partial charge in [0.1, 0.15) is 10.8 Å². The Balaban J connectivity index is 1.50. The Bertz CT molecular complexity index is 1040. The molecule has 3 aromatic heterocycles. The Kier molecular flexibility index (Phi) is 5.49. The van der Waals surface area contributed by atoms with Crippen LogP contribution in [0.25, 0.3) is 10.6 Å². The number of nitrogens with zero attached hydrogens (tertiary/aromatic N) is 4. The van der Waals surface area contributed by atoms with Crippen molar-refractivity contribution in [1.29, 1.82) is 0 Å². The molecule has 142 valence electrons. The van der Waals surface area contributed by atoms with Gasteiger partial charge in [-0.25, -0.2) is 13.4 Å². The third kappa shape index (κ3) is 4.18. The van der Waals surface area contributed by atoms with E-state index in [1.54, 1.807) is 40.5 Å². The summed E-state index contributed by atoms with van der Waals surface area (Å²) in [5.74, 6) is 1.74. The molecule has 0 radical (unpaired) electrons. The van der Waals surface area contributed by atoms with Crippen molar-refractivity contribution in [2.75, 3.05) is 11.5 Å². The first-order valence-electron chi connectivity index (χ1n) is 8.40. The van der Waals surface area contributed by atoms with Crippen LogP contribution in [0.2, 0.25) is 0 Å². The van der Waals surface area contributed by atoms with E-state index in [4.69, 9.17) is 4.98 Å². The van der Waals surface area contributed by atoms with Crippen LogP contribution in [0, 0.1) is 0 Å². The number of sulfone groups is 1.